The first-order chi connectivity index (χ1) is 21.2. The predicted octanol–water partition coefficient (Wildman–Crippen LogP) is 9.78. The van der Waals surface area contributed by atoms with E-state index in [1.54, 1.807) is 0 Å². The minimum Gasteiger partial charge on any atom is -0.756 e. The number of phosphoric ester groups is 1. The van der Waals surface area contributed by atoms with Crippen LogP contribution >= 0.6 is 7.82 Å². The zero-order chi connectivity index (χ0) is 34.1. The van der Waals surface area contributed by atoms with Crippen molar-refractivity contribution in [2.24, 2.45) is 0 Å². The predicted molar refractivity (Wildman–Crippen MR) is 196 cm³/mol. The summed E-state index contributed by atoms with van der Waals surface area (Å²) in [5.74, 6) is 0. The normalized spacial score (nSPS) is 14.9. The molecule has 46 heavy (non-hydrogen) atoms. The van der Waals surface area contributed by atoms with Crippen LogP contribution in [0.2, 0.25) is 0 Å². The maximum Gasteiger partial charge on any atom is 1.00 e. The molecule has 0 aromatic carbocycles. The summed E-state index contributed by atoms with van der Waals surface area (Å²) in [5.41, 5.74) is 10.7. The van der Waals surface area contributed by atoms with Gasteiger partial charge in [0.25, 0.3) is 7.82 Å². The molecule has 0 rings (SSSR count). The maximum absolute atomic E-state index is 12.2. The molecule has 4 nitrogen and oxygen atoms in total. The molecule has 0 fully saturated rings. The Labute approximate surface area is 306 Å². The van der Waals surface area contributed by atoms with Gasteiger partial charge in [-0.05, 0) is 146 Å². The first kappa shape index (κ1) is 47.1. The van der Waals surface area contributed by atoms with Crippen molar-refractivity contribution in [2.45, 2.75) is 146 Å². The van der Waals surface area contributed by atoms with E-state index in [0.717, 1.165) is 88.2 Å². The fourth-order valence-electron chi connectivity index (χ4n) is 4.55. The Morgan fingerprint density at radius 2 is 0.652 bits per heavy atom. The van der Waals surface area contributed by atoms with Gasteiger partial charge in [0.1, 0.15) is 0 Å². The van der Waals surface area contributed by atoms with Crippen LogP contribution in [0.5, 0.6) is 0 Å². The van der Waals surface area contributed by atoms with Crippen LogP contribution in [0.4, 0.5) is 0 Å². The summed E-state index contributed by atoms with van der Waals surface area (Å²) < 4.78 is 22.3. The zero-order valence-corrected chi connectivity index (χ0v) is 34.5. The molecular weight excluding hydrogens is 598 g/mol. The number of allylic oxidation sites excluding steroid dienone is 14. The van der Waals surface area contributed by atoms with Gasteiger partial charge < -0.3 is 13.9 Å². The molecule has 0 aliphatic carbocycles. The van der Waals surface area contributed by atoms with Gasteiger partial charge in [0, 0.05) is 0 Å². The standard InChI is InChI=1S/C40H67O4P.Na/c1-33(2)17-11-19-35(5)21-13-23-37(7)25-15-27-39(9)29-31-43-45(41,42)44-32-30-40(10)28-16-26-38(8)24-14-22-36(6)20-12-18-34(3)4;/h17-18,21-22,25-26,29-30H,11-16,19-20,23-24,27-28,31-32H2,1-10H3,(H,41,42);/q;+1/p-1/b35-21+,36-22+,37-25+,38-26+,39-29+,40-30+;. The van der Waals surface area contributed by atoms with E-state index in [2.05, 4.69) is 91.8 Å². The Hall–Kier alpha value is -0.970. The summed E-state index contributed by atoms with van der Waals surface area (Å²) >= 11 is 0. The molecule has 0 aliphatic rings. The van der Waals surface area contributed by atoms with Crippen molar-refractivity contribution in [1.82, 2.24) is 0 Å². The van der Waals surface area contributed by atoms with Gasteiger partial charge in [0.2, 0.25) is 0 Å². The molecule has 0 unspecified atom stereocenters. The van der Waals surface area contributed by atoms with E-state index in [1.807, 2.05) is 26.0 Å². The van der Waals surface area contributed by atoms with Crippen molar-refractivity contribution < 1.29 is 48.1 Å². The molecule has 0 heterocycles. The number of hydrogen-bond donors (Lipinski definition) is 0. The molecule has 0 N–H and O–H groups in total. The Kier molecular flexibility index (Phi) is 29.7. The number of hydrogen-bond acceptors (Lipinski definition) is 4. The quantitative estimate of drug-likeness (QED) is 0.0586. The van der Waals surface area contributed by atoms with Crippen molar-refractivity contribution in [2.75, 3.05) is 13.2 Å². The molecule has 6 heteroatoms. The van der Waals surface area contributed by atoms with Crippen molar-refractivity contribution in [3.05, 3.63) is 93.2 Å². The molecule has 256 valence electrons. The first-order valence-corrected chi connectivity index (χ1v) is 18.5. The molecule has 0 saturated heterocycles. The smallest absolute Gasteiger partial charge is 0.756 e. The van der Waals surface area contributed by atoms with Crippen LogP contribution in [0.25, 0.3) is 0 Å². The van der Waals surface area contributed by atoms with Gasteiger partial charge in [-0.25, -0.2) is 0 Å². The second kappa shape index (κ2) is 29.0. The van der Waals surface area contributed by atoms with Gasteiger partial charge in [-0.3, -0.25) is 4.57 Å². The van der Waals surface area contributed by atoms with Crippen molar-refractivity contribution >= 4 is 7.82 Å². The van der Waals surface area contributed by atoms with Gasteiger partial charge in [-0.2, -0.15) is 0 Å². The third-order valence-electron chi connectivity index (χ3n) is 7.64. The monoisotopic (exact) mass is 664 g/mol. The number of rotatable bonds is 24. The third-order valence-corrected chi connectivity index (χ3v) is 8.57. The molecule has 0 aromatic heterocycles. The van der Waals surface area contributed by atoms with E-state index in [9.17, 15) is 9.46 Å². The molecule has 0 saturated carbocycles. The van der Waals surface area contributed by atoms with E-state index in [4.69, 9.17) is 9.05 Å². The molecule has 0 atom stereocenters. The van der Waals surface area contributed by atoms with Crippen molar-refractivity contribution in [3.8, 4) is 0 Å². The minimum atomic E-state index is -4.33. The Morgan fingerprint density at radius 3 is 0.891 bits per heavy atom. The average Bonchev–Trinajstić information content (AvgIpc) is 2.92. The molecule has 0 aromatic rings. The van der Waals surface area contributed by atoms with Crippen LogP contribution in [0.3, 0.4) is 0 Å². The minimum absolute atomic E-state index is 0. The second-order valence-electron chi connectivity index (χ2n) is 13.1. The van der Waals surface area contributed by atoms with Crippen LogP contribution in [-0.4, -0.2) is 13.2 Å². The van der Waals surface area contributed by atoms with Crippen LogP contribution in [-0.2, 0) is 13.6 Å². The summed E-state index contributed by atoms with van der Waals surface area (Å²) in [5, 5.41) is 0. The van der Waals surface area contributed by atoms with Crippen LogP contribution < -0.4 is 34.5 Å². The Bertz CT molecular complexity index is 1050. The first-order valence-electron chi connectivity index (χ1n) is 17.0. The summed E-state index contributed by atoms with van der Waals surface area (Å²) in [6.07, 6.45) is 30.0. The third kappa shape index (κ3) is 31.6. The van der Waals surface area contributed by atoms with E-state index in [1.165, 1.54) is 33.4 Å². The summed E-state index contributed by atoms with van der Waals surface area (Å²) in [4.78, 5) is 12.2. The summed E-state index contributed by atoms with van der Waals surface area (Å²) in [6, 6.07) is 0. The van der Waals surface area contributed by atoms with Gasteiger partial charge in [0.15, 0.2) is 0 Å². The average molecular weight is 665 g/mol. The molecule has 0 aliphatic heterocycles. The summed E-state index contributed by atoms with van der Waals surface area (Å²) in [7, 11) is -4.33. The van der Waals surface area contributed by atoms with Gasteiger partial charge in [-0.1, -0.05) is 93.2 Å². The van der Waals surface area contributed by atoms with E-state index in [0.29, 0.717) is 0 Å². The second-order valence-corrected chi connectivity index (χ2v) is 14.5. The molecular formula is C40H66NaO4P. The number of phosphoric acid groups is 1. The van der Waals surface area contributed by atoms with Gasteiger partial charge in [-0.15, -0.1) is 0 Å². The van der Waals surface area contributed by atoms with Crippen LogP contribution in [0.15, 0.2) is 93.2 Å². The Morgan fingerprint density at radius 1 is 0.435 bits per heavy atom. The zero-order valence-electron chi connectivity index (χ0n) is 31.6. The van der Waals surface area contributed by atoms with E-state index < -0.39 is 7.82 Å². The van der Waals surface area contributed by atoms with Crippen LogP contribution in [0, 0.1) is 0 Å². The molecule has 0 amide bonds. The fourth-order valence-corrected chi connectivity index (χ4v) is 5.14. The molecule has 0 bridgehead atoms. The maximum atomic E-state index is 12.2. The topological polar surface area (TPSA) is 58.6 Å². The fraction of sp³-hybridized carbons (Fsp3) is 0.600. The largest absolute Gasteiger partial charge is 1.00 e. The van der Waals surface area contributed by atoms with Gasteiger partial charge in [0.05, 0.1) is 13.2 Å². The summed E-state index contributed by atoms with van der Waals surface area (Å²) in [6.45, 7) is 21.4. The van der Waals surface area contributed by atoms with Crippen molar-refractivity contribution in [1.29, 1.82) is 0 Å². The van der Waals surface area contributed by atoms with Crippen LogP contribution in [0.1, 0.15) is 146 Å². The SMILES string of the molecule is CC(C)=CCC/C(C)=C/CC/C(C)=C/CC/C(C)=C/COP(=O)([O-])OC/C=C(\C)CC/C=C(\C)CC/C=C(\C)CCC=C(C)C.[Na+]. The van der Waals surface area contributed by atoms with Gasteiger partial charge >= 0.3 is 29.6 Å². The van der Waals surface area contributed by atoms with Crippen molar-refractivity contribution in [3.63, 3.8) is 0 Å². The van der Waals surface area contributed by atoms with E-state index >= 15 is 0 Å². The molecule has 0 spiro atoms. The molecule has 0 radical (unpaired) electrons. The van der Waals surface area contributed by atoms with E-state index in [-0.39, 0.29) is 42.8 Å². The Balaban J connectivity index is 0.